The normalized spacial score (nSPS) is 18.2. The predicted octanol–water partition coefficient (Wildman–Crippen LogP) is 6.14. The molecular weight excluding hydrogens is 438 g/mol. The van der Waals surface area contributed by atoms with Crippen LogP contribution in [0.15, 0.2) is 95.4 Å². The Hall–Kier alpha value is -3.21. The van der Waals surface area contributed by atoms with E-state index in [4.69, 9.17) is 0 Å². The van der Waals surface area contributed by atoms with Crippen molar-refractivity contribution in [2.24, 2.45) is 5.92 Å². The predicted molar refractivity (Wildman–Crippen MR) is 138 cm³/mol. The summed E-state index contributed by atoms with van der Waals surface area (Å²) < 4.78 is 28.8. The Kier molecular flexibility index (Phi) is 4.98. The molecule has 2 aliphatic rings. The number of nitrogens with zero attached hydrogens (tertiary/aromatic N) is 1. The highest BCUT2D eigenvalue weighted by atomic mass is 32.2. The molecule has 0 bridgehead atoms. The number of benzene rings is 4. The van der Waals surface area contributed by atoms with Gasteiger partial charge < -0.3 is 0 Å². The largest absolute Gasteiger partial charge is 0.243 e. The Morgan fingerprint density at radius 2 is 1.47 bits per heavy atom. The second kappa shape index (κ2) is 7.93. The fraction of sp³-hybridized carbons (Fsp3) is 0.200. The standard InChI is InChI=1S/C30H27NO2S/c1-20-7-11-23(12-8-20)30-27-16-13-22-5-3-4-6-26(22)28(27)17-24-18-31(19-29(24)30)34(32,33)25-14-9-21(2)10-15-25/h3-16,24H,17-19H2,1-2H3. The molecule has 1 heterocycles. The third-order valence-electron chi connectivity index (χ3n) is 7.34. The van der Waals surface area contributed by atoms with Crippen LogP contribution in [-0.4, -0.2) is 25.8 Å². The summed E-state index contributed by atoms with van der Waals surface area (Å²) in [5.41, 5.74) is 8.45. The number of aryl methyl sites for hydroxylation is 2. The van der Waals surface area contributed by atoms with Gasteiger partial charge in [-0.3, -0.25) is 0 Å². The van der Waals surface area contributed by atoms with Gasteiger partial charge in [-0.25, -0.2) is 8.42 Å². The number of hydrogen-bond donors (Lipinski definition) is 0. The fourth-order valence-electron chi connectivity index (χ4n) is 5.52. The van der Waals surface area contributed by atoms with E-state index in [1.165, 1.54) is 38.6 Å². The van der Waals surface area contributed by atoms with Gasteiger partial charge in [0.25, 0.3) is 0 Å². The monoisotopic (exact) mass is 465 g/mol. The van der Waals surface area contributed by atoms with Crippen molar-refractivity contribution in [2.45, 2.75) is 25.2 Å². The second-order valence-electron chi connectivity index (χ2n) is 9.59. The minimum Gasteiger partial charge on any atom is -0.207 e. The highest BCUT2D eigenvalue weighted by Gasteiger charge is 2.40. The van der Waals surface area contributed by atoms with Crippen LogP contribution in [0.5, 0.6) is 0 Å². The molecule has 1 atom stereocenters. The highest BCUT2D eigenvalue weighted by molar-refractivity contribution is 7.89. The van der Waals surface area contributed by atoms with Gasteiger partial charge in [-0.2, -0.15) is 4.31 Å². The molecule has 0 amide bonds. The first kappa shape index (κ1) is 21.3. The minimum absolute atomic E-state index is 0.176. The van der Waals surface area contributed by atoms with Gasteiger partial charge in [0.1, 0.15) is 0 Å². The van der Waals surface area contributed by atoms with Crippen LogP contribution in [0.1, 0.15) is 27.8 Å². The van der Waals surface area contributed by atoms with E-state index in [9.17, 15) is 8.42 Å². The molecule has 0 spiro atoms. The lowest BCUT2D eigenvalue weighted by Gasteiger charge is -2.27. The van der Waals surface area contributed by atoms with Crippen molar-refractivity contribution in [3.63, 3.8) is 0 Å². The highest BCUT2D eigenvalue weighted by Crippen LogP contribution is 2.45. The van der Waals surface area contributed by atoms with Crippen molar-refractivity contribution < 1.29 is 8.42 Å². The fourth-order valence-corrected chi connectivity index (χ4v) is 6.99. The van der Waals surface area contributed by atoms with Gasteiger partial charge in [-0.15, -0.1) is 0 Å². The topological polar surface area (TPSA) is 37.4 Å². The van der Waals surface area contributed by atoms with Gasteiger partial charge in [0.2, 0.25) is 10.0 Å². The maximum atomic E-state index is 13.6. The summed E-state index contributed by atoms with van der Waals surface area (Å²) in [6.45, 7) is 5.03. The molecule has 1 fully saturated rings. The summed E-state index contributed by atoms with van der Waals surface area (Å²) >= 11 is 0. The Morgan fingerprint density at radius 1 is 0.794 bits per heavy atom. The van der Waals surface area contributed by atoms with Gasteiger partial charge in [0.15, 0.2) is 0 Å². The van der Waals surface area contributed by atoms with E-state index in [-0.39, 0.29) is 5.92 Å². The maximum Gasteiger partial charge on any atom is 0.243 e. The van der Waals surface area contributed by atoms with Crippen molar-refractivity contribution in [3.8, 4) is 0 Å². The summed E-state index contributed by atoms with van der Waals surface area (Å²) in [6, 6.07) is 28.8. The first-order valence-corrected chi connectivity index (χ1v) is 13.2. The summed E-state index contributed by atoms with van der Waals surface area (Å²) in [4.78, 5) is 0.372. The smallest absolute Gasteiger partial charge is 0.207 e. The van der Waals surface area contributed by atoms with Gasteiger partial charge in [0.05, 0.1) is 4.90 Å². The molecule has 0 radical (unpaired) electrons. The molecule has 1 unspecified atom stereocenters. The summed E-state index contributed by atoms with van der Waals surface area (Å²) in [6.07, 6.45) is 0.862. The molecule has 3 nitrogen and oxygen atoms in total. The molecule has 0 N–H and O–H groups in total. The molecule has 170 valence electrons. The Bertz CT molecular complexity index is 1550. The van der Waals surface area contributed by atoms with Crippen LogP contribution in [0, 0.1) is 19.8 Å². The zero-order valence-electron chi connectivity index (χ0n) is 19.5. The summed E-state index contributed by atoms with van der Waals surface area (Å²) in [7, 11) is -3.56. The Balaban J connectivity index is 1.51. The average Bonchev–Trinajstić information content (AvgIpc) is 3.28. The number of sulfonamides is 1. The summed E-state index contributed by atoms with van der Waals surface area (Å²) in [5, 5.41) is 2.50. The lowest BCUT2D eigenvalue weighted by atomic mass is 9.76. The van der Waals surface area contributed by atoms with E-state index in [2.05, 4.69) is 67.6 Å². The van der Waals surface area contributed by atoms with Crippen LogP contribution >= 0.6 is 0 Å². The molecule has 0 saturated carbocycles. The number of rotatable bonds is 3. The molecule has 4 aromatic carbocycles. The van der Waals surface area contributed by atoms with Gasteiger partial charge in [0, 0.05) is 13.1 Å². The maximum absolute atomic E-state index is 13.6. The molecule has 0 aromatic heterocycles. The Morgan fingerprint density at radius 3 is 2.21 bits per heavy atom. The van der Waals surface area contributed by atoms with Crippen LogP contribution < -0.4 is 0 Å². The molecule has 4 aromatic rings. The first-order chi connectivity index (χ1) is 16.4. The third kappa shape index (κ3) is 3.41. The SMILES string of the molecule is Cc1ccc(C2=C3CN(S(=O)(=O)c4ccc(C)cc4)CC3Cc3c2ccc2ccccc32)cc1. The number of fused-ring (bicyclic) bond motifs is 4. The van der Waals surface area contributed by atoms with E-state index in [0.717, 1.165) is 17.5 Å². The molecule has 4 heteroatoms. The van der Waals surface area contributed by atoms with Gasteiger partial charge in [-0.1, -0.05) is 83.9 Å². The van der Waals surface area contributed by atoms with Crippen LogP contribution in [0.4, 0.5) is 0 Å². The molecule has 34 heavy (non-hydrogen) atoms. The Labute approximate surface area is 201 Å². The lowest BCUT2D eigenvalue weighted by Crippen LogP contribution is -2.29. The van der Waals surface area contributed by atoms with Crippen LogP contribution in [0.25, 0.3) is 16.3 Å². The summed E-state index contributed by atoms with van der Waals surface area (Å²) in [5.74, 6) is 0.176. The lowest BCUT2D eigenvalue weighted by molar-refractivity contribution is 0.456. The van der Waals surface area contributed by atoms with Crippen molar-refractivity contribution >= 4 is 26.4 Å². The molecular formula is C30H27NO2S. The van der Waals surface area contributed by atoms with Gasteiger partial charge in [-0.05, 0) is 76.9 Å². The van der Waals surface area contributed by atoms with Crippen LogP contribution in [0.2, 0.25) is 0 Å². The van der Waals surface area contributed by atoms with Crippen molar-refractivity contribution in [2.75, 3.05) is 13.1 Å². The van der Waals surface area contributed by atoms with E-state index in [0.29, 0.717) is 18.0 Å². The first-order valence-electron chi connectivity index (χ1n) is 11.8. The van der Waals surface area contributed by atoms with Crippen LogP contribution in [-0.2, 0) is 16.4 Å². The van der Waals surface area contributed by atoms with Crippen LogP contribution in [0.3, 0.4) is 0 Å². The van der Waals surface area contributed by atoms with E-state index < -0.39 is 10.0 Å². The van der Waals surface area contributed by atoms with E-state index in [1.807, 2.05) is 19.1 Å². The van der Waals surface area contributed by atoms with Crippen molar-refractivity contribution in [1.82, 2.24) is 4.31 Å². The number of hydrogen-bond acceptors (Lipinski definition) is 2. The zero-order chi connectivity index (χ0) is 23.4. The molecule has 1 aliphatic heterocycles. The van der Waals surface area contributed by atoms with Gasteiger partial charge >= 0.3 is 0 Å². The third-order valence-corrected chi connectivity index (χ3v) is 9.17. The molecule has 1 saturated heterocycles. The van der Waals surface area contributed by atoms with Crippen molar-refractivity contribution in [3.05, 3.63) is 118 Å². The van der Waals surface area contributed by atoms with Crippen molar-refractivity contribution in [1.29, 1.82) is 0 Å². The van der Waals surface area contributed by atoms with E-state index >= 15 is 0 Å². The van der Waals surface area contributed by atoms with E-state index in [1.54, 1.807) is 16.4 Å². The quantitative estimate of drug-likeness (QED) is 0.365. The average molecular weight is 466 g/mol. The second-order valence-corrected chi connectivity index (χ2v) is 11.5. The minimum atomic E-state index is -3.56. The molecule has 6 rings (SSSR count). The zero-order valence-corrected chi connectivity index (χ0v) is 20.3. The molecule has 1 aliphatic carbocycles.